The molecule has 5 heteroatoms. The second-order valence-corrected chi connectivity index (χ2v) is 4.14. The third-order valence-corrected chi connectivity index (χ3v) is 2.98. The summed E-state index contributed by atoms with van der Waals surface area (Å²) in [6, 6.07) is 8.79. The molecule has 0 spiro atoms. The summed E-state index contributed by atoms with van der Waals surface area (Å²) in [5, 5.41) is 0. The van der Waals surface area contributed by atoms with Crippen molar-refractivity contribution in [1.82, 2.24) is 4.98 Å². The Morgan fingerprint density at radius 1 is 1.16 bits per heavy atom. The minimum absolute atomic E-state index is 0.0961. The Bertz CT molecular complexity index is 613. The van der Waals surface area contributed by atoms with Gasteiger partial charge in [-0.1, -0.05) is 0 Å². The van der Waals surface area contributed by atoms with E-state index in [4.69, 9.17) is 9.47 Å². The lowest BCUT2D eigenvalue weighted by atomic mass is 10.2. The number of ether oxygens (including phenoxy) is 2. The van der Waals surface area contributed by atoms with E-state index in [-0.39, 0.29) is 12.7 Å². The molecule has 0 aliphatic carbocycles. The molecule has 0 N–H and O–H groups in total. The second-order valence-electron chi connectivity index (χ2n) is 4.14. The minimum Gasteiger partial charge on any atom is -0.454 e. The Morgan fingerprint density at radius 3 is 2.68 bits per heavy atom. The lowest BCUT2D eigenvalue weighted by Crippen LogP contribution is -2.26. The van der Waals surface area contributed by atoms with Crippen molar-refractivity contribution in [3.63, 3.8) is 0 Å². The molecular weight excluding hydrogens is 244 g/mol. The Hall–Kier alpha value is -2.56. The Balaban J connectivity index is 1.88. The predicted molar refractivity (Wildman–Crippen MR) is 69.5 cm³/mol. The highest BCUT2D eigenvalue weighted by atomic mass is 16.7. The topological polar surface area (TPSA) is 51.7 Å². The van der Waals surface area contributed by atoms with Crippen molar-refractivity contribution < 1.29 is 14.3 Å². The average Bonchev–Trinajstić information content (AvgIpc) is 2.94. The van der Waals surface area contributed by atoms with Crippen LogP contribution in [-0.4, -0.2) is 24.7 Å². The summed E-state index contributed by atoms with van der Waals surface area (Å²) in [6.07, 6.45) is 3.20. The third-order valence-electron chi connectivity index (χ3n) is 2.98. The highest BCUT2D eigenvalue weighted by molar-refractivity contribution is 6.05. The number of rotatable bonds is 2. The molecule has 3 rings (SSSR count). The van der Waals surface area contributed by atoms with Gasteiger partial charge in [0.1, 0.15) is 0 Å². The molecule has 19 heavy (non-hydrogen) atoms. The largest absolute Gasteiger partial charge is 0.454 e. The summed E-state index contributed by atoms with van der Waals surface area (Å²) in [5.74, 6) is 1.27. The van der Waals surface area contributed by atoms with Crippen LogP contribution in [0.5, 0.6) is 11.5 Å². The first-order chi connectivity index (χ1) is 9.25. The van der Waals surface area contributed by atoms with Crippen LogP contribution < -0.4 is 14.4 Å². The number of aromatic nitrogens is 1. The number of amides is 1. The molecule has 0 saturated carbocycles. The van der Waals surface area contributed by atoms with Crippen LogP contribution in [0.2, 0.25) is 0 Å². The molecule has 0 bridgehead atoms. The van der Waals surface area contributed by atoms with Crippen molar-refractivity contribution in [3.8, 4) is 11.5 Å². The number of benzene rings is 1. The minimum atomic E-state index is -0.0961. The van der Waals surface area contributed by atoms with Gasteiger partial charge in [-0.3, -0.25) is 9.78 Å². The van der Waals surface area contributed by atoms with Gasteiger partial charge in [0.05, 0.1) is 0 Å². The first-order valence-corrected chi connectivity index (χ1v) is 5.83. The van der Waals surface area contributed by atoms with E-state index in [1.807, 2.05) is 6.07 Å². The number of carbonyl (C=O) groups is 1. The number of carbonyl (C=O) groups excluding carboxylic acids is 1. The van der Waals surface area contributed by atoms with Crippen molar-refractivity contribution in [2.24, 2.45) is 0 Å². The predicted octanol–water partition coefficient (Wildman–Crippen LogP) is 2.09. The van der Waals surface area contributed by atoms with Crippen LogP contribution >= 0.6 is 0 Å². The van der Waals surface area contributed by atoms with E-state index in [0.29, 0.717) is 17.1 Å². The fourth-order valence-electron chi connectivity index (χ4n) is 1.90. The van der Waals surface area contributed by atoms with E-state index in [9.17, 15) is 4.79 Å². The normalized spacial score (nSPS) is 12.3. The quantitative estimate of drug-likeness (QED) is 0.825. The molecule has 0 fully saturated rings. The number of nitrogens with zero attached hydrogens (tertiary/aromatic N) is 2. The van der Waals surface area contributed by atoms with Crippen LogP contribution in [0.15, 0.2) is 42.7 Å². The van der Waals surface area contributed by atoms with E-state index < -0.39 is 0 Å². The van der Waals surface area contributed by atoms with Crippen molar-refractivity contribution in [2.75, 3.05) is 18.7 Å². The summed E-state index contributed by atoms with van der Waals surface area (Å²) in [6.45, 7) is 0.223. The van der Waals surface area contributed by atoms with E-state index in [1.165, 1.54) is 0 Å². The summed E-state index contributed by atoms with van der Waals surface area (Å²) in [4.78, 5) is 17.7. The van der Waals surface area contributed by atoms with E-state index in [0.717, 1.165) is 5.69 Å². The van der Waals surface area contributed by atoms with Gasteiger partial charge in [-0.2, -0.15) is 0 Å². The smallest absolute Gasteiger partial charge is 0.258 e. The molecule has 1 aliphatic rings. The van der Waals surface area contributed by atoms with Crippen molar-refractivity contribution in [2.45, 2.75) is 0 Å². The monoisotopic (exact) mass is 256 g/mol. The highest BCUT2D eigenvalue weighted by Crippen LogP contribution is 2.35. The molecule has 1 aliphatic heterocycles. The summed E-state index contributed by atoms with van der Waals surface area (Å²) >= 11 is 0. The van der Waals surface area contributed by atoms with Gasteiger partial charge in [0.25, 0.3) is 5.91 Å². The van der Waals surface area contributed by atoms with Gasteiger partial charge < -0.3 is 14.4 Å². The molecule has 5 nitrogen and oxygen atoms in total. The van der Waals surface area contributed by atoms with Gasteiger partial charge >= 0.3 is 0 Å². The summed E-state index contributed by atoms with van der Waals surface area (Å²) < 4.78 is 10.5. The molecule has 0 atom stereocenters. The maximum Gasteiger partial charge on any atom is 0.258 e. The maximum absolute atomic E-state index is 12.3. The first kappa shape index (κ1) is 11.5. The Labute approximate surface area is 110 Å². The molecule has 1 amide bonds. The average molecular weight is 256 g/mol. The highest BCUT2D eigenvalue weighted by Gasteiger charge is 2.18. The SMILES string of the molecule is CN(C(=O)c1ccncc1)c1ccc2c(c1)OCO2. The van der Waals surface area contributed by atoms with Crippen molar-refractivity contribution in [3.05, 3.63) is 48.3 Å². The third kappa shape index (κ3) is 2.10. The number of pyridine rings is 1. The van der Waals surface area contributed by atoms with E-state index >= 15 is 0 Å². The fourth-order valence-corrected chi connectivity index (χ4v) is 1.90. The van der Waals surface area contributed by atoms with Gasteiger partial charge in [0.2, 0.25) is 6.79 Å². The zero-order chi connectivity index (χ0) is 13.2. The number of hydrogen-bond acceptors (Lipinski definition) is 4. The van der Waals surface area contributed by atoms with Crippen LogP contribution in [0.1, 0.15) is 10.4 Å². The van der Waals surface area contributed by atoms with E-state index in [2.05, 4.69) is 4.98 Å². The lowest BCUT2D eigenvalue weighted by Gasteiger charge is -2.17. The van der Waals surface area contributed by atoms with Crippen LogP contribution in [0, 0.1) is 0 Å². The van der Waals surface area contributed by atoms with Crippen molar-refractivity contribution >= 4 is 11.6 Å². The molecular formula is C14H12N2O3. The van der Waals surface area contributed by atoms with Crippen LogP contribution in [0.3, 0.4) is 0 Å². The second kappa shape index (κ2) is 4.61. The van der Waals surface area contributed by atoms with Gasteiger partial charge in [0.15, 0.2) is 11.5 Å². The maximum atomic E-state index is 12.3. The molecule has 96 valence electrons. The molecule has 2 heterocycles. The molecule has 2 aromatic rings. The number of anilines is 1. The first-order valence-electron chi connectivity index (χ1n) is 5.83. The fraction of sp³-hybridized carbons (Fsp3) is 0.143. The van der Waals surface area contributed by atoms with Gasteiger partial charge in [-0.05, 0) is 24.3 Å². The summed E-state index contributed by atoms with van der Waals surface area (Å²) in [7, 11) is 1.72. The van der Waals surface area contributed by atoms with Crippen LogP contribution in [0.25, 0.3) is 0 Å². The Morgan fingerprint density at radius 2 is 1.89 bits per heavy atom. The zero-order valence-electron chi connectivity index (χ0n) is 10.4. The number of hydrogen-bond donors (Lipinski definition) is 0. The van der Waals surface area contributed by atoms with Crippen LogP contribution in [0.4, 0.5) is 5.69 Å². The summed E-state index contributed by atoms with van der Waals surface area (Å²) in [5.41, 5.74) is 1.35. The van der Waals surface area contributed by atoms with E-state index in [1.54, 1.807) is 48.6 Å². The number of fused-ring (bicyclic) bond motifs is 1. The van der Waals surface area contributed by atoms with Gasteiger partial charge in [0, 0.05) is 36.8 Å². The van der Waals surface area contributed by atoms with Crippen molar-refractivity contribution in [1.29, 1.82) is 0 Å². The molecule has 0 saturated heterocycles. The van der Waals surface area contributed by atoms with Gasteiger partial charge in [-0.15, -0.1) is 0 Å². The molecule has 0 unspecified atom stereocenters. The lowest BCUT2D eigenvalue weighted by molar-refractivity contribution is 0.0993. The molecule has 0 radical (unpaired) electrons. The standard InChI is InChI=1S/C14H12N2O3/c1-16(14(17)10-4-6-15-7-5-10)11-2-3-12-13(8-11)19-9-18-12/h2-8H,9H2,1H3. The van der Waals surface area contributed by atoms with Gasteiger partial charge in [-0.25, -0.2) is 0 Å². The molecule has 1 aromatic carbocycles. The van der Waals surface area contributed by atoms with Crippen LogP contribution in [-0.2, 0) is 0 Å². The Kier molecular flexibility index (Phi) is 2.79. The zero-order valence-corrected chi connectivity index (χ0v) is 10.4. The molecule has 1 aromatic heterocycles.